The lowest BCUT2D eigenvalue weighted by Gasteiger charge is -2.19. The topological polar surface area (TPSA) is 61.4 Å². The molecule has 0 aliphatic rings. The van der Waals surface area contributed by atoms with E-state index in [4.69, 9.17) is 0 Å². The van der Waals surface area contributed by atoms with Gasteiger partial charge in [0.2, 0.25) is 11.8 Å². The molecule has 2 aromatic carbocycles. The standard InChI is InChI=1S/C23H31N3O2/c1-6-19-10-12-20(13-11-19)18(4)24-22(27)14-26(5)15-23(28)25-21-9-7-8-16(2)17(21)3/h7-13,18H,6,14-15H2,1-5H3,(H,24,27)(H,25,28). The average molecular weight is 382 g/mol. The highest BCUT2D eigenvalue weighted by Gasteiger charge is 2.14. The third-order valence-electron chi connectivity index (χ3n) is 4.97. The summed E-state index contributed by atoms with van der Waals surface area (Å²) in [6.07, 6.45) is 0.996. The van der Waals surface area contributed by atoms with E-state index >= 15 is 0 Å². The summed E-state index contributed by atoms with van der Waals surface area (Å²) in [6, 6.07) is 14.0. The summed E-state index contributed by atoms with van der Waals surface area (Å²) in [4.78, 5) is 26.3. The molecule has 0 aromatic heterocycles. The largest absolute Gasteiger partial charge is 0.348 e. The van der Waals surface area contributed by atoms with Gasteiger partial charge < -0.3 is 10.6 Å². The van der Waals surface area contributed by atoms with Crippen LogP contribution in [0.1, 0.15) is 42.1 Å². The molecule has 1 unspecified atom stereocenters. The van der Waals surface area contributed by atoms with Gasteiger partial charge in [-0.1, -0.05) is 43.3 Å². The molecule has 2 N–H and O–H groups in total. The van der Waals surface area contributed by atoms with Crippen LogP contribution in [0.4, 0.5) is 5.69 Å². The number of hydrogen-bond acceptors (Lipinski definition) is 3. The van der Waals surface area contributed by atoms with Crippen molar-refractivity contribution in [3.05, 3.63) is 64.7 Å². The maximum atomic E-state index is 12.3. The number of hydrogen-bond donors (Lipinski definition) is 2. The van der Waals surface area contributed by atoms with Crippen molar-refractivity contribution in [2.24, 2.45) is 0 Å². The van der Waals surface area contributed by atoms with Crippen LogP contribution >= 0.6 is 0 Å². The molecule has 0 heterocycles. The summed E-state index contributed by atoms with van der Waals surface area (Å²) in [7, 11) is 1.77. The van der Waals surface area contributed by atoms with Gasteiger partial charge in [0, 0.05) is 5.69 Å². The van der Waals surface area contributed by atoms with Gasteiger partial charge in [-0.25, -0.2) is 0 Å². The van der Waals surface area contributed by atoms with Crippen molar-refractivity contribution in [3.8, 4) is 0 Å². The van der Waals surface area contributed by atoms with Gasteiger partial charge in [0.05, 0.1) is 19.1 Å². The first-order valence-corrected chi connectivity index (χ1v) is 9.73. The summed E-state index contributed by atoms with van der Waals surface area (Å²) in [5.74, 6) is -0.235. The van der Waals surface area contributed by atoms with Gasteiger partial charge in [-0.2, -0.15) is 0 Å². The minimum atomic E-state index is -0.132. The van der Waals surface area contributed by atoms with Crippen LogP contribution in [-0.2, 0) is 16.0 Å². The number of nitrogens with zero attached hydrogens (tertiary/aromatic N) is 1. The average Bonchev–Trinajstić information content (AvgIpc) is 2.65. The predicted octanol–water partition coefficient (Wildman–Crippen LogP) is 3.61. The van der Waals surface area contributed by atoms with E-state index in [1.807, 2.05) is 51.1 Å². The summed E-state index contributed by atoms with van der Waals surface area (Å²) >= 11 is 0. The smallest absolute Gasteiger partial charge is 0.238 e. The van der Waals surface area contributed by atoms with Crippen molar-refractivity contribution in [1.82, 2.24) is 10.2 Å². The molecule has 2 rings (SSSR count). The molecule has 2 amide bonds. The second-order valence-corrected chi connectivity index (χ2v) is 7.35. The van der Waals surface area contributed by atoms with E-state index in [-0.39, 0.29) is 30.9 Å². The number of anilines is 1. The SMILES string of the molecule is CCc1ccc(C(C)NC(=O)CN(C)CC(=O)Nc2cccc(C)c2C)cc1. The van der Waals surface area contributed by atoms with E-state index in [1.165, 1.54) is 5.56 Å². The van der Waals surface area contributed by atoms with E-state index in [2.05, 4.69) is 29.7 Å². The summed E-state index contributed by atoms with van der Waals surface area (Å²) in [5.41, 5.74) is 5.34. The van der Waals surface area contributed by atoms with Gasteiger partial charge in [0.1, 0.15) is 0 Å². The molecule has 0 spiro atoms. The van der Waals surface area contributed by atoms with Crippen molar-refractivity contribution in [3.63, 3.8) is 0 Å². The van der Waals surface area contributed by atoms with E-state index in [0.29, 0.717) is 0 Å². The molecule has 5 heteroatoms. The Bertz CT molecular complexity index is 815. The predicted molar refractivity (Wildman–Crippen MR) is 114 cm³/mol. The quantitative estimate of drug-likeness (QED) is 0.734. The van der Waals surface area contributed by atoms with Crippen molar-refractivity contribution < 1.29 is 9.59 Å². The number of carbonyl (C=O) groups excluding carboxylic acids is 2. The number of amides is 2. The molecular weight excluding hydrogens is 350 g/mol. The molecular formula is C23H31N3O2. The molecule has 0 fully saturated rings. The van der Waals surface area contributed by atoms with Gasteiger partial charge >= 0.3 is 0 Å². The molecule has 0 bridgehead atoms. The Morgan fingerprint density at radius 1 is 1.00 bits per heavy atom. The molecule has 0 saturated carbocycles. The molecule has 0 aliphatic heterocycles. The summed E-state index contributed by atoms with van der Waals surface area (Å²) in [5, 5.41) is 5.91. The lowest BCUT2D eigenvalue weighted by Crippen LogP contribution is -2.39. The lowest BCUT2D eigenvalue weighted by molar-refractivity contribution is -0.123. The first-order valence-electron chi connectivity index (χ1n) is 9.73. The number of carbonyl (C=O) groups is 2. The van der Waals surface area contributed by atoms with Crippen LogP contribution < -0.4 is 10.6 Å². The fourth-order valence-corrected chi connectivity index (χ4v) is 3.03. The van der Waals surface area contributed by atoms with E-state index in [1.54, 1.807) is 11.9 Å². The van der Waals surface area contributed by atoms with Crippen LogP contribution in [0.25, 0.3) is 0 Å². The van der Waals surface area contributed by atoms with Crippen molar-refractivity contribution >= 4 is 17.5 Å². The summed E-state index contributed by atoms with van der Waals surface area (Å²) in [6.45, 7) is 8.39. The molecule has 0 radical (unpaired) electrons. The molecule has 0 saturated heterocycles. The molecule has 1 atom stereocenters. The van der Waals surface area contributed by atoms with Gasteiger partial charge in [-0.05, 0) is 62.6 Å². The zero-order chi connectivity index (χ0) is 20.7. The van der Waals surface area contributed by atoms with Crippen molar-refractivity contribution in [2.45, 2.75) is 40.2 Å². The van der Waals surface area contributed by atoms with Gasteiger partial charge in [-0.15, -0.1) is 0 Å². The molecule has 2 aromatic rings. The van der Waals surface area contributed by atoms with Crippen LogP contribution in [0.2, 0.25) is 0 Å². The second-order valence-electron chi connectivity index (χ2n) is 7.35. The number of likely N-dealkylation sites (N-methyl/N-ethyl adjacent to an activating group) is 1. The number of rotatable bonds is 8. The molecule has 5 nitrogen and oxygen atoms in total. The van der Waals surface area contributed by atoms with Crippen LogP contribution in [0.5, 0.6) is 0 Å². The first kappa shape index (κ1) is 21.6. The van der Waals surface area contributed by atoms with Crippen molar-refractivity contribution in [2.75, 3.05) is 25.5 Å². The molecule has 0 aliphatic carbocycles. The Labute approximate surface area is 168 Å². The minimum absolute atomic E-state index is 0.0735. The molecule has 28 heavy (non-hydrogen) atoms. The number of nitrogens with one attached hydrogen (secondary N) is 2. The Morgan fingerprint density at radius 3 is 2.29 bits per heavy atom. The van der Waals surface area contributed by atoms with Crippen molar-refractivity contribution in [1.29, 1.82) is 0 Å². The van der Waals surface area contributed by atoms with Crippen LogP contribution in [0.15, 0.2) is 42.5 Å². The van der Waals surface area contributed by atoms with Crippen LogP contribution in [0, 0.1) is 13.8 Å². The fourth-order valence-electron chi connectivity index (χ4n) is 3.03. The normalized spacial score (nSPS) is 11.9. The zero-order valence-corrected chi connectivity index (χ0v) is 17.5. The highest BCUT2D eigenvalue weighted by atomic mass is 16.2. The first-order chi connectivity index (χ1) is 13.3. The summed E-state index contributed by atoms with van der Waals surface area (Å²) < 4.78 is 0. The Morgan fingerprint density at radius 2 is 1.64 bits per heavy atom. The molecule has 150 valence electrons. The maximum Gasteiger partial charge on any atom is 0.238 e. The van der Waals surface area contributed by atoms with E-state index in [0.717, 1.165) is 28.8 Å². The maximum absolute atomic E-state index is 12.3. The Kier molecular flexibility index (Phi) is 7.76. The van der Waals surface area contributed by atoms with E-state index in [9.17, 15) is 9.59 Å². The third kappa shape index (κ3) is 6.20. The third-order valence-corrected chi connectivity index (χ3v) is 4.97. The highest BCUT2D eigenvalue weighted by molar-refractivity contribution is 5.93. The van der Waals surface area contributed by atoms with E-state index < -0.39 is 0 Å². The zero-order valence-electron chi connectivity index (χ0n) is 17.5. The minimum Gasteiger partial charge on any atom is -0.348 e. The number of aryl methyl sites for hydroxylation is 2. The van der Waals surface area contributed by atoms with Gasteiger partial charge in [0.25, 0.3) is 0 Å². The van der Waals surface area contributed by atoms with Gasteiger partial charge in [-0.3, -0.25) is 14.5 Å². The Balaban J connectivity index is 1.82. The monoisotopic (exact) mass is 381 g/mol. The fraction of sp³-hybridized carbons (Fsp3) is 0.391. The van der Waals surface area contributed by atoms with Gasteiger partial charge in [0.15, 0.2) is 0 Å². The lowest BCUT2D eigenvalue weighted by atomic mass is 10.1. The Hall–Kier alpha value is -2.66. The number of benzene rings is 2. The highest BCUT2D eigenvalue weighted by Crippen LogP contribution is 2.18. The van der Waals surface area contributed by atoms with Crippen LogP contribution in [0.3, 0.4) is 0 Å². The second kappa shape index (κ2) is 10.0. The van der Waals surface area contributed by atoms with Crippen LogP contribution in [-0.4, -0.2) is 36.9 Å².